The molecule has 0 aliphatic carbocycles. The topological polar surface area (TPSA) is 92.1 Å². The lowest BCUT2D eigenvalue weighted by Crippen LogP contribution is -2.22. The number of esters is 1. The van der Waals surface area contributed by atoms with Crippen molar-refractivity contribution >= 4 is 29.3 Å². The van der Waals surface area contributed by atoms with Gasteiger partial charge in [0.05, 0.1) is 28.7 Å². The summed E-state index contributed by atoms with van der Waals surface area (Å²) in [6.45, 7) is 7.45. The first kappa shape index (κ1) is 21.5. The van der Waals surface area contributed by atoms with E-state index < -0.39 is 11.2 Å². The summed E-state index contributed by atoms with van der Waals surface area (Å²) in [5.41, 5.74) is 2.88. The quantitative estimate of drug-likeness (QED) is 0.558. The van der Waals surface area contributed by atoms with Crippen LogP contribution in [0.1, 0.15) is 48.0 Å². The normalized spacial score (nSPS) is 11.4. The van der Waals surface area contributed by atoms with E-state index in [1.54, 1.807) is 20.8 Å². The fourth-order valence-corrected chi connectivity index (χ4v) is 3.38. The maximum atomic E-state index is 12.5. The van der Waals surface area contributed by atoms with Crippen molar-refractivity contribution in [3.05, 3.63) is 52.7 Å². The second kappa shape index (κ2) is 9.90. The van der Waals surface area contributed by atoms with Crippen molar-refractivity contribution < 1.29 is 14.3 Å². The number of nitrogens with zero attached hydrogens (tertiary/aromatic N) is 2. The summed E-state index contributed by atoms with van der Waals surface area (Å²) >= 11 is 1.18. The number of hydrogen-bond donors (Lipinski definition) is 1. The third-order valence-corrected chi connectivity index (χ3v) is 5.18. The van der Waals surface area contributed by atoms with Crippen molar-refractivity contribution in [2.45, 2.75) is 44.4 Å². The van der Waals surface area contributed by atoms with E-state index in [0.29, 0.717) is 10.7 Å². The molecule has 1 N–H and O–H groups in total. The number of ether oxygens (including phenoxy) is 1. The minimum absolute atomic E-state index is 0.188. The molecule has 28 heavy (non-hydrogen) atoms. The van der Waals surface area contributed by atoms with Gasteiger partial charge in [0.1, 0.15) is 11.1 Å². The van der Waals surface area contributed by atoms with Gasteiger partial charge in [0.2, 0.25) is 5.91 Å². The van der Waals surface area contributed by atoms with Gasteiger partial charge in [-0.25, -0.2) is 9.78 Å². The van der Waals surface area contributed by atoms with Gasteiger partial charge < -0.3 is 10.1 Å². The number of nitrogens with one attached hydrogen (secondary N) is 1. The van der Waals surface area contributed by atoms with Crippen molar-refractivity contribution in [1.29, 1.82) is 5.26 Å². The average Bonchev–Trinajstić information content (AvgIpc) is 2.68. The molecule has 1 amide bonds. The van der Waals surface area contributed by atoms with Gasteiger partial charge in [0, 0.05) is 5.69 Å². The summed E-state index contributed by atoms with van der Waals surface area (Å²) in [6, 6.07) is 11.2. The summed E-state index contributed by atoms with van der Waals surface area (Å²) < 4.78 is 4.99. The van der Waals surface area contributed by atoms with Gasteiger partial charge in [-0.3, -0.25) is 4.79 Å². The smallest absolute Gasteiger partial charge is 0.340 e. The Hall–Kier alpha value is -2.85. The van der Waals surface area contributed by atoms with E-state index in [2.05, 4.69) is 17.2 Å². The number of thioether (sulfide) groups is 1. The van der Waals surface area contributed by atoms with Crippen LogP contribution in [-0.4, -0.2) is 28.7 Å². The molecule has 1 atom stereocenters. The largest absolute Gasteiger partial charge is 0.462 e. The number of aryl methyl sites for hydroxylation is 2. The van der Waals surface area contributed by atoms with Crippen LogP contribution < -0.4 is 5.32 Å². The Morgan fingerprint density at radius 3 is 2.54 bits per heavy atom. The molecule has 1 heterocycles. The third kappa shape index (κ3) is 5.33. The summed E-state index contributed by atoms with van der Waals surface area (Å²) in [7, 11) is 0. The van der Waals surface area contributed by atoms with Gasteiger partial charge in [-0.1, -0.05) is 30.8 Å². The van der Waals surface area contributed by atoms with E-state index in [-0.39, 0.29) is 23.6 Å². The molecule has 2 rings (SSSR count). The van der Waals surface area contributed by atoms with Gasteiger partial charge in [-0.2, -0.15) is 5.26 Å². The Morgan fingerprint density at radius 1 is 1.29 bits per heavy atom. The highest BCUT2D eigenvalue weighted by molar-refractivity contribution is 8.00. The van der Waals surface area contributed by atoms with Crippen LogP contribution in [0.4, 0.5) is 5.69 Å². The number of nitriles is 1. The Labute approximate surface area is 169 Å². The van der Waals surface area contributed by atoms with Crippen LogP contribution >= 0.6 is 11.8 Å². The van der Waals surface area contributed by atoms with Crippen LogP contribution in [0.15, 0.2) is 35.4 Å². The number of benzene rings is 1. The first-order valence-corrected chi connectivity index (χ1v) is 9.92. The van der Waals surface area contributed by atoms with E-state index >= 15 is 0 Å². The van der Waals surface area contributed by atoms with Crippen molar-refractivity contribution in [2.75, 3.05) is 11.9 Å². The number of rotatable bonds is 7. The molecule has 0 spiro atoms. The Morgan fingerprint density at radius 2 is 1.96 bits per heavy atom. The summed E-state index contributed by atoms with van der Waals surface area (Å²) in [6.07, 6.45) is 0.935. The minimum Gasteiger partial charge on any atom is -0.462 e. The standard InChI is InChI=1S/C21H23N3O3S/c1-5-15-7-9-17(10-8-15)24-19(25)14(4)28-20-16(12-22)11-18(13(3)23-20)21(26)27-6-2/h7-11,14H,5-6H2,1-4H3,(H,24,25). The zero-order valence-corrected chi connectivity index (χ0v) is 17.2. The minimum atomic E-state index is -0.512. The molecule has 7 heteroatoms. The summed E-state index contributed by atoms with van der Waals surface area (Å²) in [4.78, 5) is 28.8. The predicted molar refractivity (Wildman–Crippen MR) is 109 cm³/mol. The fraction of sp³-hybridized carbons (Fsp3) is 0.333. The van der Waals surface area contributed by atoms with Gasteiger partial charge in [0.25, 0.3) is 0 Å². The molecule has 0 bridgehead atoms. The lowest BCUT2D eigenvalue weighted by atomic mass is 10.1. The second-order valence-electron chi connectivity index (χ2n) is 6.11. The molecular formula is C21H23N3O3S. The zero-order chi connectivity index (χ0) is 20.7. The van der Waals surface area contributed by atoms with Gasteiger partial charge in [0.15, 0.2) is 0 Å². The van der Waals surface area contributed by atoms with Crippen LogP contribution in [-0.2, 0) is 16.0 Å². The predicted octanol–water partition coefficient (Wildman–Crippen LogP) is 4.12. The first-order valence-electron chi connectivity index (χ1n) is 9.04. The molecule has 6 nitrogen and oxygen atoms in total. The number of carbonyl (C=O) groups excluding carboxylic acids is 2. The third-order valence-electron chi connectivity index (χ3n) is 4.08. The van der Waals surface area contributed by atoms with Gasteiger partial charge >= 0.3 is 5.97 Å². The maximum Gasteiger partial charge on any atom is 0.340 e. The van der Waals surface area contributed by atoms with Crippen molar-refractivity contribution in [3.63, 3.8) is 0 Å². The highest BCUT2D eigenvalue weighted by Crippen LogP contribution is 2.27. The number of anilines is 1. The molecule has 0 saturated heterocycles. The highest BCUT2D eigenvalue weighted by Gasteiger charge is 2.21. The fourth-order valence-electron chi connectivity index (χ4n) is 2.46. The van der Waals surface area contributed by atoms with E-state index in [1.807, 2.05) is 30.3 Å². The SMILES string of the molecule is CCOC(=O)c1cc(C#N)c(SC(C)C(=O)Nc2ccc(CC)cc2)nc1C. The molecule has 0 aliphatic heterocycles. The molecule has 0 radical (unpaired) electrons. The van der Waals surface area contributed by atoms with Crippen molar-refractivity contribution in [1.82, 2.24) is 4.98 Å². The Kier molecular flexibility index (Phi) is 7.59. The molecule has 1 unspecified atom stereocenters. The molecule has 1 aromatic heterocycles. The van der Waals surface area contributed by atoms with Crippen molar-refractivity contribution in [3.8, 4) is 6.07 Å². The van der Waals surface area contributed by atoms with E-state index in [4.69, 9.17) is 4.74 Å². The van der Waals surface area contributed by atoms with E-state index in [0.717, 1.165) is 12.1 Å². The lowest BCUT2D eigenvalue weighted by molar-refractivity contribution is -0.115. The second-order valence-corrected chi connectivity index (χ2v) is 7.44. The van der Waals surface area contributed by atoms with Crippen LogP contribution in [0.25, 0.3) is 0 Å². The summed E-state index contributed by atoms with van der Waals surface area (Å²) in [5.74, 6) is -0.700. The monoisotopic (exact) mass is 397 g/mol. The van der Waals surface area contributed by atoms with E-state index in [9.17, 15) is 14.9 Å². The Bertz CT molecular complexity index is 904. The molecule has 0 aliphatic rings. The Balaban J connectivity index is 2.14. The maximum absolute atomic E-state index is 12.5. The van der Waals surface area contributed by atoms with Crippen LogP contribution in [0.5, 0.6) is 0 Å². The highest BCUT2D eigenvalue weighted by atomic mass is 32.2. The van der Waals surface area contributed by atoms with Gasteiger partial charge in [-0.05, 0) is 51.0 Å². The van der Waals surface area contributed by atoms with Crippen LogP contribution in [0.2, 0.25) is 0 Å². The molecule has 1 aromatic carbocycles. The number of pyridine rings is 1. The van der Waals surface area contributed by atoms with Gasteiger partial charge in [-0.15, -0.1) is 0 Å². The van der Waals surface area contributed by atoms with Crippen molar-refractivity contribution in [2.24, 2.45) is 0 Å². The first-order chi connectivity index (χ1) is 13.4. The number of hydrogen-bond acceptors (Lipinski definition) is 6. The van der Waals surface area contributed by atoms with Crippen LogP contribution in [0, 0.1) is 18.3 Å². The summed E-state index contributed by atoms with van der Waals surface area (Å²) in [5, 5.41) is 12.2. The molecular weight excluding hydrogens is 374 g/mol. The molecule has 146 valence electrons. The number of aromatic nitrogens is 1. The van der Waals surface area contributed by atoms with E-state index in [1.165, 1.54) is 23.4 Å². The molecule has 0 saturated carbocycles. The number of carbonyl (C=O) groups is 2. The number of amides is 1. The molecule has 0 fully saturated rings. The average molecular weight is 398 g/mol. The molecule has 2 aromatic rings. The lowest BCUT2D eigenvalue weighted by Gasteiger charge is -2.14. The van der Waals surface area contributed by atoms with Crippen LogP contribution in [0.3, 0.4) is 0 Å². The zero-order valence-electron chi connectivity index (χ0n) is 16.4.